The molecule has 0 aromatic heterocycles. The first-order chi connectivity index (χ1) is 11.8. The SMILES string of the molecule is CCCC1CCC=C(C)CCCC(C)CCC(=O)C(C)(C)CCC1=O. The van der Waals surface area contributed by atoms with Crippen LogP contribution in [-0.4, -0.2) is 11.6 Å². The largest absolute Gasteiger partial charge is 0.299 e. The van der Waals surface area contributed by atoms with Crippen LogP contribution in [0.4, 0.5) is 0 Å². The summed E-state index contributed by atoms with van der Waals surface area (Å²) in [6.45, 7) is 10.7. The van der Waals surface area contributed by atoms with E-state index in [1.165, 1.54) is 18.4 Å². The minimum Gasteiger partial charge on any atom is -0.299 e. The van der Waals surface area contributed by atoms with Gasteiger partial charge in [0.05, 0.1) is 0 Å². The third kappa shape index (κ3) is 8.33. The number of allylic oxidation sites excluding steroid dienone is 2. The topological polar surface area (TPSA) is 34.1 Å². The highest BCUT2D eigenvalue weighted by Gasteiger charge is 2.29. The van der Waals surface area contributed by atoms with Crippen LogP contribution >= 0.6 is 0 Å². The summed E-state index contributed by atoms with van der Waals surface area (Å²) in [7, 11) is 0. The van der Waals surface area contributed by atoms with Crippen molar-refractivity contribution in [2.24, 2.45) is 17.3 Å². The first-order valence-electron chi connectivity index (χ1n) is 10.5. The fourth-order valence-corrected chi connectivity index (χ4v) is 3.82. The second-order valence-electron chi connectivity index (χ2n) is 8.92. The van der Waals surface area contributed by atoms with Gasteiger partial charge < -0.3 is 0 Å². The summed E-state index contributed by atoms with van der Waals surface area (Å²) in [6, 6.07) is 0. The second-order valence-corrected chi connectivity index (χ2v) is 8.92. The molecular weight excluding hydrogens is 308 g/mol. The van der Waals surface area contributed by atoms with Crippen LogP contribution in [-0.2, 0) is 9.59 Å². The average Bonchev–Trinajstić information content (AvgIpc) is 2.56. The molecule has 0 aromatic carbocycles. The van der Waals surface area contributed by atoms with E-state index in [1.54, 1.807) is 0 Å². The van der Waals surface area contributed by atoms with Gasteiger partial charge in [-0.3, -0.25) is 9.59 Å². The lowest BCUT2D eigenvalue weighted by Crippen LogP contribution is -2.27. The lowest BCUT2D eigenvalue weighted by atomic mass is 9.78. The number of hydrogen-bond donors (Lipinski definition) is 0. The zero-order valence-corrected chi connectivity index (χ0v) is 17.3. The van der Waals surface area contributed by atoms with Gasteiger partial charge >= 0.3 is 0 Å². The van der Waals surface area contributed by atoms with Gasteiger partial charge in [-0.25, -0.2) is 0 Å². The van der Waals surface area contributed by atoms with Crippen LogP contribution in [0.1, 0.15) is 105 Å². The predicted octanol–water partition coefficient (Wildman–Crippen LogP) is 6.67. The number of rotatable bonds is 2. The van der Waals surface area contributed by atoms with Crippen molar-refractivity contribution < 1.29 is 9.59 Å². The highest BCUT2D eigenvalue weighted by atomic mass is 16.1. The van der Waals surface area contributed by atoms with Gasteiger partial charge in [0.25, 0.3) is 0 Å². The summed E-state index contributed by atoms with van der Waals surface area (Å²) < 4.78 is 0. The van der Waals surface area contributed by atoms with Crippen molar-refractivity contribution in [2.75, 3.05) is 0 Å². The van der Waals surface area contributed by atoms with Gasteiger partial charge in [0.15, 0.2) is 0 Å². The van der Waals surface area contributed by atoms with E-state index in [2.05, 4.69) is 26.8 Å². The molecule has 0 saturated heterocycles. The molecule has 2 atom stereocenters. The summed E-state index contributed by atoms with van der Waals surface area (Å²) in [5.74, 6) is 1.49. The molecule has 0 saturated carbocycles. The third-order valence-corrected chi connectivity index (χ3v) is 5.98. The summed E-state index contributed by atoms with van der Waals surface area (Å²) in [5.41, 5.74) is 1.10. The van der Waals surface area contributed by atoms with E-state index >= 15 is 0 Å². The number of carbonyl (C=O) groups is 2. The molecule has 2 heteroatoms. The molecule has 0 aromatic rings. The molecule has 1 rings (SSSR count). The van der Waals surface area contributed by atoms with Crippen LogP contribution in [0.3, 0.4) is 0 Å². The van der Waals surface area contributed by atoms with E-state index in [-0.39, 0.29) is 11.3 Å². The first kappa shape index (κ1) is 22.1. The molecule has 2 unspecified atom stereocenters. The van der Waals surface area contributed by atoms with Crippen LogP contribution < -0.4 is 0 Å². The molecule has 25 heavy (non-hydrogen) atoms. The molecular formula is C23H40O2. The van der Waals surface area contributed by atoms with Crippen molar-refractivity contribution in [3.63, 3.8) is 0 Å². The molecule has 0 spiro atoms. The van der Waals surface area contributed by atoms with Crippen molar-refractivity contribution in [1.82, 2.24) is 0 Å². The van der Waals surface area contributed by atoms with Gasteiger partial charge in [0.2, 0.25) is 0 Å². The zero-order chi connectivity index (χ0) is 18.9. The minimum atomic E-state index is -0.361. The Balaban J connectivity index is 2.82. The van der Waals surface area contributed by atoms with E-state index < -0.39 is 0 Å². The maximum absolute atomic E-state index is 12.7. The second kappa shape index (κ2) is 10.9. The quantitative estimate of drug-likeness (QED) is 0.522. The molecule has 1 aliphatic carbocycles. The van der Waals surface area contributed by atoms with Gasteiger partial charge in [0.1, 0.15) is 11.6 Å². The van der Waals surface area contributed by atoms with Gasteiger partial charge in [-0.1, -0.05) is 52.2 Å². The van der Waals surface area contributed by atoms with Crippen LogP contribution in [0, 0.1) is 17.3 Å². The minimum absolute atomic E-state index is 0.174. The van der Waals surface area contributed by atoms with Crippen LogP contribution in [0.15, 0.2) is 11.6 Å². The van der Waals surface area contributed by atoms with E-state index in [9.17, 15) is 9.59 Å². The zero-order valence-electron chi connectivity index (χ0n) is 17.3. The molecule has 0 aliphatic heterocycles. The Kier molecular flexibility index (Phi) is 9.67. The predicted molar refractivity (Wildman–Crippen MR) is 107 cm³/mol. The maximum Gasteiger partial charge on any atom is 0.138 e. The summed E-state index contributed by atoms with van der Waals surface area (Å²) in [4.78, 5) is 25.3. The monoisotopic (exact) mass is 348 g/mol. The van der Waals surface area contributed by atoms with E-state index in [1.807, 2.05) is 13.8 Å². The number of Topliss-reactive ketones (excluding diaryl/α,β-unsaturated/α-hetero) is 2. The molecule has 0 bridgehead atoms. The Morgan fingerprint density at radius 2 is 1.80 bits per heavy atom. The first-order valence-corrected chi connectivity index (χ1v) is 10.5. The molecule has 0 heterocycles. The number of ketones is 2. The Labute approximate surface area is 155 Å². The highest BCUT2D eigenvalue weighted by molar-refractivity contribution is 5.86. The van der Waals surface area contributed by atoms with Gasteiger partial charge in [-0.2, -0.15) is 0 Å². The molecule has 0 fully saturated rings. The molecule has 0 N–H and O–H groups in total. The van der Waals surface area contributed by atoms with E-state index in [4.69, 9.17) is 0 Å². The summed E-state index contributed by atoms with van der Waals surface area (Å²) in [5, 5.41) is 0. The molecule has 0 radical (unpaired) electrons. The van der Waals surface area contributed by atoms with E-state index in [0.717, 1.165) is 38.5 Å². The smallest absolute Gasteiger partial charge is 0.138 e. The lowest BCUT2D eigenvalue weighted by molar-refractivity contribution is -0.129. The summed E-state index contributed by atoms with van der Waals surface area (Å²) in [6.07, 6.45) is 12.8. The van der Waals surface area contributed by atoms with Crippen molar-refractivity contribution in [1.29, 1.82) is 0 Å². The Bertz CT molecular complexity index is 459. The molecule has 0 amide bonds. The van der Waals surface area contributed by atoms with Crippen molar-refractivity contribution in [2.45, 2.75) is 105 Å². The fraction of sp³-hybridized carbons (Fsp3) is 0.826. The van der Waals surface area contributed by atoms with Gasteiger partial charge in [0, 0.05) is 24.2 Å². The Hall–Kier alpha value is -0.920. The number of hydrogen-bond acceptors (Lipinski definition) is 2. The Morgan fingerprint density at radius 1 is 1.08 bits per heavy atom. The van der Waals surface area contributed by atoms with Crippen LogP contribution in [0.25, 0.3) is 0 Å². The van der Waals surface area contributed by atoms with Crippen molar-refractivity contribution in [3.05, 3.63) is 11.6 Å². The lowest BCUT2D eigenvalue weighted by Gasteiger charge is -2.25. The molecule has 144 valence electrons. The van der Waals surface area contributed by atoms with Crippen LogP contribution in [0.5, 0.6) is 0 Å². The highest BCUT2D eigenvalue weighted by Crippen LogP contribution is 2.30. The van der Waals surface area contributed by atoms with Crippen LogP contribution in [0.2, 0.25) is 0 Å². The maximum atomic E-state index is 12.7. The normalized spacial score (nSPS) is 27.8. The molecule has 2 nitrogen and oxygen atoms in total. The van der Waals surface area contributed by atoms with Crippen molar-refractivity contribution >= 4 is 11.6 Å². The van der Waals surface area contributed by atoms with Crippen molar-refractivity contribution in [3.8, 4) is 0 Å². The van der Waals surface area contributed by atoms with E-state index in [0.29, 0.717) is 36.7 Å². The summed E-state index contributed by atoms with van der Waals surface area (Å²) >= 11 is 0. The van der Waals surface area contributed by atoms with Gasteiger partial charge in [-0.05, 0) is 57.8 Å². The standard InChI is InChI=1S/C23H40O2/c1-6-9-20-13-8-12-18(2)10-7-11-19(3)14-15-22(25)23(4,5)17-16-21(20)24/h12,19-20H,6-11,13-17H2,1-5H3. The average molecular weight is 349 g/mol. The fourth-order valence-electron chi connectivity index (χ4n) is 3.82. The number of carbonyl (C=O) groups excluding carboxylic acids is 2. The third-order valence-electron chi connectivity index (χ3n) is 5.98. The molecule has 1 aliphatic rings. The van der Waals surface area contributed by atoms with Gasteiger partial charge in [-0.15, -0.1) is 0 Å². The Morgan fingerprint density at radius 3 is 2.48 bits per heavy atom.